The molecular formula is C35H70N10O6. The molecule has 16 nitrogen and oxygen atoms in total. The molecule has 0 saturated carbocycles. The van der Waals surface area contributed by atoms with E-state index in [-0.39, 0.29) is 42.0 Å². The molecule has 0 aromatic carbocycles. The van der Waals surface area contributed by atoms with E-state index in [1.807, 2.05) is 20.8 Å². The highest BCUT2D eigenvalue weighted by Crippen LogP contribution is 2.17. The summed E-state index contributed by atoms with van der Waals surface area (Å²) in [5.74, 6) is -1.95. The lowest BCUT2D eigenvalue weighted by atomic mass is 9.92. The summed E-state index contributed by atoms with van der Waals surface area (Å²) in [6.45, 7) is 16.1. The van der Waals surface area contributed by atoms with Gasteiger partial charge in [-0.15, -0.1) is 0 Å². The first-order valence-corrected chi connectivity index (χ1v) is 18.6. The molecule has 0 aliphatic rings. The molecule has 12 N–H and O–H groups in total. The normalized spacial score (nSPS) is 13.1. The SMILES string of the molecule is CC(=O)N[C@@H](CCCCN)C(=O)NC(C(=O)N[C@@H](CCCNC(N)=O)C(=O)NCCCNCCCCNCCCNC(=O)CC(C)(C)C)C(C)C. The molecular weight excluding hydrogens is 656 g/mol. The lowest BCUT2D eigenvalue weighted by molar-refractivity contribution is -0.134. The van der Waals surface area contributed by atoms with Crippen molar-refractivity contribution in [3.05, 3.63) is 0 Å². The predicted octanol–water partition coefficient (Wildman–Crippen LogP) is 0.102. The van der Waals surface area contributed by atoms with Gasteiger partial charge in [-0.05, 0) is 102 Å². The summed E-state index contributed by atoms with van der Waals surface area (Å²) in [5.41, 5.74) is 10.7. The summed E-state index contributed by atoms with van der Waals surface area (Å²) in [5, 5.41) is 23.3. The molecule has 0 aromatic heterocycles. The second-order valence-corrected chi connectivity index (χ2v) is 14.6. The molecule has 0 fully saturated rings. The van der Waals surface area contributed by atoms with Crippen LogP contribution in [0.1, 0.15) is 106 Å². The number of hydrogen-bond donors (Lipinski definition) is 10. The Labute approximate surface area is 305 Å². The van der Waals surface area contributed by atoms with Crippen LogP contribution < -0.4 is 54.0 Å². The van der Waals surface area contributed by atoms with E-state index in [0.29, 0.717) is 64.7 Å². The Morgan fingerprint density at radius 1 is 0.588 bits per heavy atom. The maximum absolute atomic E-state index is 13.4. The van der Waals surface area contributed by atoms with Gasteiger partial charge >= 0.3 is 6.03 Å². The predicted molar refractivity (Wildman–Crippen MR) is 200 cm³/mol. The minimum absolute atomic E-state index is 0.00709. The van der Waals surface area contributed by atoms with E-state index in [0.717, 1.165) is 38.9 Å². The standard InChI is InChI=1S/C35H70N10O6/c1-25(2)30(45-32(49)28(43-26(3)46)14-7-8-16-36)33(50)44-27(15-11-21-42-34(37)51)31(48)41-23-13-20-39-18-10-9-17-38-19-12-22-40-29(47)24-35(4,5)6/h25,27-28,30,38-39H,7-24,36H2,1-6H3,(H,40,47)(H,41,48)(H,43,46)(H,44,50)(H,45,49)(H3,37,42,51)/t27-,28-,30?/m0/s1. The minimum atomic E-state index is -0.951. The number of urea groups is 1. The van der Waals surface area contributed by atoms with Gasteiger partial charge in [0.2, 0.25) is 29.5 Å². The van der Waals surface area contributed by atoms with Gasteiger partial charge in [-0.3, -0.25) is 24.0 Å². The van der Waals surface area contributed by atoms with Crippen LogP contribution in [0, 0.1) is 11.3 Å². The van der Waals surface area contributed by atoms with E-state index >= 15 is 0 Å². The Bertz CT molecular complexity index is 1040. The number of unbranched alkanes of at least 4 members (excludes halogenated alkanes) is 2. The van der Waals surface area contributed by atoms with Gasteiger partial charge in [0.05, 0.1) is 0 Å². The first-order valence-electron chi connectivity index (χ1n) is 18.6. The number of primary amides is 1. The van der Waals surface area contributed by atoms with Crippen LogP contribution in [0.4, 0.5) is 4.79 Å². The number of carbonyl (C=O) groups is 6. The Hall–Kier alpha value is -3.50. The van der Waals surface area contributed by atoms with Gasteiger partial charge in [-0.25, -0.2) is 4.79 Å². The van der Waals surface area contributed by atoms with E-state index in [4.69, 9.17) is 11.5 Å². The highest BCUT2D eigenvalue weighted by molar-refractivity contribution is 5.94. The van der Waals surface area contributed by atoms with Gasteiger partial charge in [-0.2, -0.15) is 0 Å². The Morgan fingerprint density at radius 3 is 1.65 bits per heavy atom. The highest BCUT2D eigenvalue weighted by atomic mass is 16.2. The van der Waals surface area contributed by atoms with Crippen molar-refractivity contribution in [1.29, 1.82) is 0 Å². The summed E-state index contributed by atoms with van der Waals surface area (Å²) in [4.78, 5) is 74.3. The van der Waals surface area contributed by atoms with E-state index in [9.17, 15) is 28.8 Å². The first kappa shape index (κ1) is 47.5. The molecule has 1 unspecified atom stereocenters. The average molecular weight is 727 g/mol. The van der Waals surface area contributed by atoms with Gasteiger partial charge in [0, 0.05) is 33.0 Å². The number of rotatable bonds is 29. The number of nitrogens with two attached hydrogens (primary N) is 2. The Morgan fingerprint density at radius 2 is 1.12 bits per heavy atom. The third-order valence-corrected chi connectivity index (χ3v) is 7.82. The summed E-state index contributed by atoms with van der Waals surface area (Å²) < 4.78 is 0. The van der Waals surface area contributed by atoms with E-state index < -0.39 is 36.0 Å². The molecule has 0 rings (SSSR count). The largest absolute Gasteiger partial charge is 0.356 e. The zero-order valence-corrected chi connectivity index (χ0v) is 32.1. The van der Waals surface area contributed by atoms with Crippen molar-refractivity contribution in [2.45, 2.75) is 124 Å². The zero-order chi connectivity index (χ0) is 38.7. The Balaban J connectivity index is 4.70. The minimum Gasteiger partial charge on any atom is -0.356 e. The lowest BCUT2D eigenvalue weighted by Gasteiger charge is -2.27. The van der Waals surface area contributed by atoms with Gasteiger partial charge < -0.3 is 54.0 Å². The van der Waals surface area contributed by atoms with Crippen molar-refractivity contribution >= 4 is 35.6 Å². The molecule has 0 spiro atoms. The molecule has 0 aromatic rings. The highest BCUT2D eigenvalue weighted by Gasteiger charge is 2.31. The van der Waals surface area contributed by atoms with Crippen LogP contribution in [-0.2, 0) is 24.0 Å². The first-order chi connectivity index (χ1) is 24.1. The van der Waals surface area contributed by atoms with Crippen molar-refractivity contribution in [2.75, 3.05) is 52.4 Å². The third-order valence-electron chi connectivity index (χ3n) is 7.82. The second-order valence-electron chi connectivity index (χ2n) is 14.6. The van der Waals surface area contributed by atoms with Crippen molar-refractivity contribution in [3.8, 4) is 0 Å². The fraction of sp³-hybridized carbons (Fsp3) is 0.829. The van der Waals surface area contributed by atoms with Crippen LogP contribution in [0.15, 0.2) is 0 Å². The summed E-state index contributed by atoms with van der Waals surface area (Å²) in [6.07, 6.45) is 6.44. The smallest absolute Gasteiger partial charge is 0.312 e. The molecule has 296 valence electrons. The number of hydrogen-bond acceptors (Lipinski definition) is 9. The molecule has 51 heavy (non-hydrogen) atoms. The molecule has 0 heterocycles. The maximum atomic E-state index is 13.4. The second kappa shape index (κ2) is 28.1. The van der Waals surface area contributed by atoms with Crippen molar-refractivity contribution in [1.82, 2.24) is 42.5 Å². The van der Waals surface area contributed by atoms with E-state index in [1.54, 1.807) is 13.8 Å². The van der Waals surface area contributed by atoms with Gasteiger partial charge in [0.15, 0.2) is 0 Å². The van der Waals surface area contributed by atoms with Crippen LogP contribution in [0.2, 0.25) is 0 Å². The van der Waals surface area contributed by atoms with Crippen LogP contribution in [0.25, 0.3) is 0 Å². The van der Waals surface area contributed by atoms with Gasteiger partial charge in [0.25, 0.3) is 0 Å². The number of amides is 7. The van der Waals surface area contributed by atoms with Crippen molar-refractivity contribution in [2.24, 2.45) is 22.8 Å². The van der Waals surface area contributed by atoms with Crippen LogP contribution >= 0.6 is 0 Å². The fourth-order valence-corrected chi connectivity index (χ4v) is 5.13. The molecule has 0 aliphatic heterocycles. The monoisotopic (exact) mass is 727 g/mol. The average Bonchev–Trinajstić information content (AvgIpc) is 3.03. The van der Waals surface area contributed by atoms with Crippen LogP contribution in [0.5, 0.6) is 0 Å². The van der Waals surface area contributed by atoms with E-state index in [2.05, 4.69) is 42.5 Å². The van der Waals surface area contributed by atoms with Crippen LogP contribution in [0.3, 0.4) is 0 Å². The van der Waals surface area contributed by atoms with Crippen LogP contribution in [-0.4, -0.2) is 106 Å². The topological polar surface area (TPSA) is 251 Å². The molecule has 7 amide bonds. The van der Waals surface area contributed by atoms with E-state index in [1.165, 1.54) is 6.92 Å². The van der Waals surface area contributed by atoms with Gasteiger partial charge in [-0.1, -0.05) is 34.6 Å². The quantitative estimate of drug-likeness (QED) is 0.0469. The number of carbonyl (C=O) groups excluding carboxylic acids is 6. The summed E-state index contributed by atoms with van der Waals surface area (Å²) >= 11 is 0. The van der Waals surface area contributed by atoms with Crippen molar-refractivity contribution < 1.29 is 28.8 Å². The number of nitrogens with one attached hydrogen (secondary N) is 8. The molecule has 3 atom stereocenters. The maximum Gasteiger partial charge on any atom is 0.312 e. The third kappa shape index (κ3) is 26.9. The molecule has 16 heteroatoms. The molecule has 0 bridgehead atoms. The Kier molecular flexibility index (Phi) is 26.2. The molecule has 0 aliphatic carbocycles. The lowest BCUT2D eigenvalue weighted by Crippen LogP contribution is -2.58. The molecule has 0 radical (unpaired) electrons. The summed E-state index contributed by atoms with van der Waals surface area (Å²) in [7, 11) is 0. The van der Waals surface area contributed by atoms with Gasteiger partial charge in [0.1, 0.15) is 18.1 Å². The fourth-order valence-electron chi connectivity index (χ4n) is 5.13. The molecule has 0 saturated heterocycles. The zero-order valence-electron chi connectivity index (χ0n) is 32.1. The van der Waals surface area contributed by atoms with Crippen molar-refractivity contribution in [3.63, 3.8) is 0 Å². The summed E-state index contributed by atoms with van der Waals surface area (Å²) in [6, 6.07) is -3.35.